The van der Waals surface area contributed by atoms with Crippen molar-refractivity contribution in [2.45, 2.75) is 38.4 Å². The van der Waals surface area contributed by atoms with E-state index in [4.69, 9.17) is 5.73 Å². The van der Waals surface area contributed by atoms with Gasteiger partial charge in [0.25, 0.3) is 0 Å². The number of halogens is 3. The molecule has 17 heavy (non-hydrogen) atoms. The zero-order valence-corrected chi connectivity index (χ0v) is 10.8. The molecule has 0 rings (SSSR count). The number of likely N-dealkylation sites (N-methyl/N-ethyl adjacent to an activating group) is 1. The molecule has 2 N–H and O–H groups in total. The maximum Gasteiger partial charge on any atom is 0.411 e. The summed E-state index contributed by atoms with van der Waals surface area (Å²) in [7, 11) is 1.87. The molecule has 0 aliphatic rings. The molecule has 0 aliphatic carbocycles. The van der Waals surface area contributed by atoms with Gasteiger partial charge in [-0.1, -0.05) is 13.8 Å². The summed E-state index contributed by atoms with van der Waals surface area (Å²) in [5.74, 6) is 0. The Balaban J connectivity index is 4.03. The predicted molar refractivity (Wildman–Crippen MR) is 61.9 cm³/mol. The average molecular weight is 256 g/mol. The zero-order valence-electron chi connectivity index (χ0n) is 10.8. The van der Waals surface area contributed by atoms with Gasteiger partial charge < -0.3 is 10.5 Å². The highest BCUT2D eigenvalue weighted by Crippen LogP contribution is 2.21. The summed E-state index contributed by atoms with van der Waals surface area (Å²) in [4.78, 5) is 1.99. The van der Waals surface area contributed by atoms with Crippen molar-refractivity contribution in [1.82, 2.24) is 4.90 Å². The van der Waals surface area contributed by atoms with E-state index in [0.29, 0.717) is 13.1 Å². The SMILES string of the molecule is CCC(CC)(CN)N(C)CCOCC(F)(F)F. The maximum atomic E-state index is 11.9. The highest BCUT2D eigenvalue weighted by molar-refractivity contribution is 4.87. The van der Waals surface area contributed by atoms with Crippen molar-refractivity contribution in [2.24, 2.45) is 5.73 Å². The van der Waals surface area contributed by atoms with Gasteiger partial charge in [-0.2, -0.15) is 13.2 Å². The first-order chi connectivity index (χ1) is 7.81. The Morgan fingerprint density at radius 2 is 1.71 bits per heavy atom. The van der Waals surface area contributed by atoms with Gasteiger partial charge in [0, 0.05) is 18.6 Å². The topological polar surface area (TPSA) is 38.5 Å². The Morgan fingerprint density at radius 3 is 2.06 bits per heavy atom. The summed E-state index contributed by atoms with van der Waals surface area (Å²) >= 11 is 0. The Kier molecular flexibility index (Phi) is 7.04. The van der Waals surface area contributed by atoms with Crippen molar-refractivity contribution >= 4 is 0 Å². The second-order valence-electron chi connectivity index (χ2n) is 4.22. The average Bonchev–Trinajstić information content (AvgIpc) is 2.26. The monoisotopic (exact) mass is 256 g/mol. The molecule has 0 atom stereocenters. The van der Waals surface area contributed by atoms with Crippen LogP contribution >= 0.6 is 0 Å². The van der Waals surface area contributed by atoms with E-state index in [1.54, 1.807) is 0 Å². The number of ether oxygens (including phenoxy) is 1. The molecule has 0 heterocycles. The molecule has 6 heteroatoms. The predicted octanol–water partition coefficient (Wildman–Crippen LogP) is 2.01. The van der Waals surface area contributed by atoms with Crippen molar-refractivity contribution in [2.75, 3.05) is 33.4 Å². The van der Waals surface area contributed by atoms with Crippen LogP contribution in [0.25, 0.3) is 0 Å². The fraction of sp³-hybridized carbons (Fsp3) is 1.00. The minimum atomic E-state index is -4.25. The molecule has 3 nitrogen and oxygen atoms in total. The summed E-state index contributed by atoms with van der Waals surface area (Å²) in [5.41, 5.74) is 5.60. The van der Waals surface area contributed by atoms with Gasteiger partial charge in [-0.15, -0.1) is 0 Å². The molecule has 0 bridgehead atoms. The normalized spacial score (nSPS) is 13.4. The first-order valence-electron chi connectivity index (χ1n) is 5.87. The van der Waals surface area contributed by atoms with Gasteiger partial charge >= 0.3 is 6.18 Å². The van der Waals surface area contributed by atoms with Crippen LogP contribution < -0.4 is 5.73 Å². The fourth-order valence-corrected chi connectivity index (χ4v) is 1.86. The van der Waals surface area contributed by atoms with Crippen LogP contribution in [0.15, 0.2) is 0 Å². The molecular formula is C11H23F3N2O. The number of rotatable bonds is 8. The number of alkyl halides is 3. The van der Waals surface area contributed by atoms with E-state index >= 15 is 0 Å². The Bertz CT molecular complexity index is 197. The number of hydrogen-bond acceptors (Lipinski definition) is 3. The maximum absolute atomic E-state index is 11.9. The van der Waals surface area contributed by atoms with Crippen LogP contribution in [0.5, 0.6) is 0 Å². The van der Waals surface area contributed by atoms with Gasteiger partial charge in [0.2, 0.25) is 0 Å². The van der Waals surface area contributed by atoms with E-state index in [0.717, 1.165) is 12.8 Å². The summed E-state index contributed by atoms with van der Waals surface area (Å²) < 4.78 is 40.2. The number of hydrogen-bond donors (Lipinski definition) is 1. The lowest BCUT2D eigenvalue weighted by atomic mass is 9.91. The van der Waals surface area contributed by atoms with E-state index < -0.39 is 12.8 Å². The van der Waals surface area contributed by atoms with E-state index in [1.165, 1.54) is 0 Å². The molecule has 0 radical (unpaired) electrons. The van der Waals surface area contributed by atoms with Crippen LogP contribution in [-0.2, 0) is 4.74 Å². The van der Waals surface area contributed by atoms with Crippen LogP contribution in [0, 0.1) is 0 Å². The Hall–Kier alpha value is -0.330. The summed E-state index contributed by atoms with van der Waals surface area (Å²) in [6.45, 7) is 3.89. The second kappa shape index (κ2) is 7.18. The molecule has 0 fully saturated rings. The lowest BCUT2D eigenvalue weighted by molar-refractivity contribution is -0.175. The van der Waals surface area contributed by atoms with Gasteiger partial charge in [0.05, 0.1) is 6.61 Å². The minimum absolute atomic E-state index is 0.0672. The van der Waals surface area contributed by atoms with Gasteiger partial charge in [0.15, 0.2) is 0 Å². The third-order valence-corrected chi connectivity index (χ3v) is 3.34. The van der Waals surface area contributed by atoms with Gasteiger partial charge in [0.1, 0.15) is 6.61 Å². The summed E-state index contributed by atoms with van der Waals surface area (Å²) in [6.07, 6.45) is -2.51. The van der Waals surface area contributed by atoms with Crippen LogP contribution in [0.4, 0.5) is 13.2 Å². The highest BCUT2D eigenvalue weighted by Gasteiger charge is 2.30. The third-order valence-electron chi connectivity index (χ3n) is 3.34. The number of nitrogens with zero attached hydrogens (tertiary/aromatic N) is 1. The standard InChI is InChI=1S/C11H23F3N2O/c1-4-10(5-2,8-15)16(3)6-7-17-9-11(12,13)14/h4-9,15H2,1-3H3. The lowest BCUT2D eigenvalue weighted by Gasteiger charge is -2.40. The second-order valence-corrected chi connectivity index (χ2v) is 4.22. The van der Waals surface area contributed by atoms with Crippen molar-refractivity contribution in [3.8, 4) is 0 Å². The molecule has 0 unspecified atom stereocenters. The Morgan fingerprint density at radius 1 is 1.18 bits per heavy atom. The molecule has 0 saturated carbocycles. The summed E-state index contributed by atoms with van der Waals surface area (Å²) in [6, 6.07) is 0. The first-order valence-corrected chi connectivity index (χ1v) is 5.87. The molecule has 104 valence electrons. The summed E-state index contributed by atoms with van der Waals surface area (Å²) in [5, 5.41) is 0. The molecular weight excluding hydrogens is 233 g/mol. The van der Waals surface area contributed by atoms with Gasteiger partial charge in [-0.25, -0.2) is 0 Å². The number of nitrogens with two attached hydrogens (primary N) is 1. The lowest BCUT2D eigenvalue weighted by Crippen LogP contribution is -2.52. The van der Waals surface area contributed by atoms with Crippen molar-refractivity contribution in [3.05, 3.63) is 0 Å². The van der Waals surface area contributed by atoms with E-state index in [2.05, 4.69) is 4.74 Å². The third kappa shape index (κ3) is 5.70. The van der Waals surface area contributed by atoms with Crippen LogP contribution in [-0.4, -0.2) is 50.0 Å². The molecule has 0 aromatic heterocycles. The molecule has 0 amide bonds. The smallest absolute Gasteiger partial charge is 0.371 e. The van der Waals surface area contributed by atoms with Crippen molar-refractivity contribution < 1.29 is 17.9 Å². The van der Waals surface area contributed by atoms with Crippen LogP contribution in [0.2, 0.25) is 0 Å². The van der Waals surface area contributed by atoms with Crippen molar-refractivity contribution in [1.29, 1.82) is 0 Å². The molecule has 0 aliphatic heterocycles. The van der Waals surface area contributed by atoms with Gasteiger partial charge in [-0.3, -0.25) is 4.90 Å². The molecule has 0 aromatic carbocycles. The van der Waals surface area contributed by atoms with Crippen LogP contribution in [0.1, 0.15) is 26.7 Å². The fourth-order valence-electron chi connectivity index (χ4n) is 1.86. The van der Waals surface area contributed by atoms with Crippen LogP contribution in [0.3, 0.4) is 0 Å². The van der Waals surface area contributed by atoms with E-state index in [9.17, 15) is 13.2 Å². The van der Waals surface area contributed by atoms with E-state index in [1.807, 2.05) is 25.8 Å². The molecule has 0 aromatic rings. The van der Waals surface area contributed by atoms with E-state index in [-0.39, 0.29) is 12.1 Å². The minimum Gasteiger partial charge on any atom is -0.371 e. The van der Waals surface area contributed by atoms with Crippen molar-refractivity contribution in [3.63, 3.8) is 0 Å². The zero-order chi connectivity index (χ0) is 13.5. The molecule has 0 saturated heterocycles. The quantitative estimate of drug-likeness (QED) is 0.675. The highest BCUT2D eigenvalue weighted by atomic mass is 19.4. The Labute approximate surface area is 101 Å². The largest absolute Gasteiger partial charge is 0.411 e. The van der Waals surface area contributed by atoms with Gasteiger partial charge in [-0.05, 0) is 19.9 Å². The molecule has 0 spiro atoms. The first kappa shape index (κ1) is 16.7.